The largest absolute Gasteiger partial charge is 0.363 e. The number of hydrogen-bond acceptors (Lipinski definition) is 3. The maximum Gasteiger partial charge on any atom is 0.253 e. The molecule has 1 aromatic heterocycles. The molecule has 31 heavy (non-hydrogen) atoms. The molecule has 0 fully saturated rings. The molecular formula is C24H29FN4OS. The summed E-state index contributed by atoms with van der Waals surface area (Å²) >= 11 is 5.65. The van der Waals surface area contributed by atoms with Crippen molar-refractivity contribution in [2.75, 3.05) is 27.2 Å². The zero-order chi connectivity index (χ0) is 22.4. The van der Waals surface area contributed by atoms with Crippen molar-refractivity contribution in [1.29, 1.82) is 0 Å². The number of halogens is 1. The van der Waals surface area contributed by atoms with Gasteiger partial charge in [-0.15, -0.1) is 0 Å². The van der Waals surface area contributed by atoms with Crippen LogP contribution in [0, 0.1) is 12.7 Å². The highest BCUT2D eigenvalue weighted by Gasteiger charge is 2.14. The van der Waals surface area contributed by atoms with E-state index in [4.69, 9.17) is 12.2 Å². The predicted octanol–water partition coefficient (Wildman–Crippen LogP) is 3.80. The summed E-state index contributed by atoms with van der Waals surface area (Å²) < 4.78 is 13.3. The van der Waals surface area contributed by atoms with Crippen LogP contribution in [0.3, 0.4) is 0 Å². The first-order valence-corrected chi connectivity index (χ1v) is 10.8. The number of aryl methyl sites for hydroxylation is 1. The van der Waals surface area contributed by atoms with Crippen LogP contribution in [0.2, 0.25) is 0 Å². The number of benzene rings is 2. The van der Waals surface area contributed by atoms with Crippen LogP contribution in [-0.4, -0.2) is 47.1 Å². The standard InChI is InChI=1S/C24H29FN4OS/c1-17-6-4-7-19-14-20(23(30)27-22(17)19)16-29(15-18-8-10-21(25)11-9-18)24(31)26-12-5-13-28(2)3/h4,6-11,14H,5,12-13,15-16H2,1-3H3,(H,26,31)(H,27,30). The number of nitrogens with zero attached hydrogens (tertiary/aromatic N) is 2. The third-order valence-corrected chi connectivity index (χ3v) is 5.56. The molecule has 2 N–H and O–H groups in total. The van der Waals surface area contributed by atoms with E-state index in [-0.39, 0.29) is 11.4 Å². The molecule has 3 aromatic rings. The normalized spacial score (nSPS) is 11.1. The third kappa shape index (κ3) is 6.35. The van der Waals surface area contributed by atoms with Gasteiger partial charge in [-0.1, -0.05) is 30.3 Å². The fraction of sp³-hybridized carbons (Fsp3) is 0.333. The first-order valence-electron chi connectivity index (χ1n) is 10.4. The van der Waals surface area contributed by atoms with Gasteiger partial charge in [0.2, 0.25) is 0 Å². The fourth-order valence-corrected chi connectivity index (χ4v) is 3.69. The van der Waals surface area contributed by atoms with Crippen LogP contribution in [0.5, 0.6) is 0 Å². The number of aromatic amines is 1. The van der Waals surface area contributed by atoms with Gasteiger partial charge in [-0.2, -0.15) is 0 Å². The van der Waals surface area contributed by atoms with Crippen LogP contribution in [0.15, 0.2) is 53.3 Å². The average Bonchev–Trinajstić information content (AvgIpc) is 2.73. The van der Waals surface area contributed by atoms with E-state index in [1.165, 1.54) is 12.1 Å². The van der Waals surface area contributed by atoms with Crippen molar-refractivity contribution in [3.63, 3.8) is 0 Å². The summed E-state index contributed by atoms with van der Waals surface area (Å²) in [6.07, 6.45) is 0.952. The number of thiocarbonyl (C=S) groups is 1. The second kappa shape index (κ2) is 10.5. The topological polar surface area (TPSA) is 51.4 Å². The minimum absolute atomic E-state index is 0.124. The van der Waals surface area contributed by atoms with Crippen LogP contribution < -0.4 is 10.9 Å². The Morgan fingerprint density at radius 1 is 1.13 bits per heavy atom. The molecule has 3 rings (SSSR count). The van der Waals surface area contributed by atoms with Gasteiger partial charge in [-0.3, -0.25) is 4.79 Å². The fourth-order valence-electron chi connectivity index (χ4n) is 3.46. The molecule has 5 nitrogen and oxygen atoms in total. The monoisotopic (exact) mass is 440 g/mol. The molecule has 0 aliphatic heterocycles. The number of rotatable bonds is 8. The van der Waals surface area contributed by atoms with Gasteiger partial charge >= 0.3 is 0 Å². The molecule has 0 unspecified atom stereocenters. The van der Waals surface area contributed by atoms with Gasteiger partial charge in [0.1, 0.15) is 5.82 Å². The summed E-state index contributed by atoms with van der Waals surface area (Å²) in [5.74, 6) is -0.277. The molecule has 0 bridgehead atoms. The number of fused-ring (bicyclic) bond motifs is 1. The molecule has 164 valence electrons. The van der Waals surface area contributed by atoms with E-state index in [0.717, 1.165) is 41.5 Å². The molecule has 0 aliphatic carbocycles. The van der Waals surface area contributed by atoms with Gasteiger partial charge < -0.3 is 20.1 Å². The van der Waals surface area contributed by atoms with E-state index in [9.17, 15) is 9.18 Å². The van der Waals surface area contributed by atoms with Gasteiger partial charge in [0.25, 0.3) is 5.56 Å². The molecule has 1 heterocycles. The molecule has 0 spiro atoms. The van der Waals surface area contributed by atoms with Crippen LogP contribution >= 0.6 is 12.2 Å². The highest BCUT2D eigenvalue weighted by molar-refractivity contribution is 7.80. The first kappa shape index (κ1) is 22.9. The first-order chi connectivity index (χ1) is 14.8. The number of aromatic nitrogens is 1. The molecular weight excluding hydrogens is 411 g/mol. The van der Waals surface area contributed by atoms with Gasteiger partial charge in [0.05, 0.1) is 12.1 Å². The van der Waals surface area contributed by atoms with Crippen LogP contribution in [0.4, 0.5) is 4.39 Å². The Labute approximate surface area is 187 Å². The van der Waals surface area contributed by atoms with Crippen molar-refractivity contribution in [1.82, 2.24) is 20.1 Å². The molecule has 7 heteroatoms. The zero-order valence-corrected chi connectivity index (χ0v) is 19.1. The summed E-state index contributed by atoms with van der Waals surface area (Å²) in [5, 5.41) is 4.86. The Kier molecular flexibility index (Phi) is 7.76. The third-order valence-electron chi connectivity index (χ3n) is 5.16. The molecule has 0 radical (unpaired) electrons. The van der Waals surface area contributed by atoms with Crippen molar-refractivity contribution in [3.8, 4) is 0 Å². The molecule has 0 saturated carbocycles. The maximum absolute atomic E-state index is 13.3. The summed E-state index contributed by atoms with van der Waals surface area (Å²) in [7, 11) is 4.07. The Morgan fingerprint density at radius 2 is 1.87 bits per heavy atom. The maximum atomic E-state index is 13.3. The van der Waals surface area contributed by atoms with Crippen LogP contribution in [0.25, 0.3) is 10.9 Å². The number of hydrogen-bond donors (Lipinski definition) is 2. The molecule has 0 saturated heterocycles. The Balaban J connectivity index is 1.82. The van der Waals surface area contributed by atoms with Crippen LogP contribution in [0.1, 0.15) is 23.1 Å². The highest BCUT2D eigenvalue weighted by atomic mass is 32.1. The van der Waals surface area contributed by atoms with E-state index < -0.39 is 0 Å². The lowest BCUT2D eigenvalue weighted by Gasteiger charge is -2.26. The minimum Gasteiger partial charge on any atom is -0.363 e. The predicted molar refractivity (Wildman–Crippen MR) is 129 cm³/mol. The average molecular weight is 441 g/mol. The lowest BCUT2D eigenvalue weighted by atomic mass is 10.1. The van der Waals surface area contributed by atoms with E-state index in [1.54, 1.807) is 12.1 Å². The van der Waals surface area contributed by atoms with Crippen molar-refractivity contribution < 1.29 is 4.39 Å². The van der Waals surface area contributed by atoms with Crippen molar-refractivity contribution >= 4 is 28.2 Å². The highest BCUT2D eigenvalue weighted by Crippen LogP contribution is 2.17. The smallest absolute Gasteiger partial charge is 0.253 e. The Bertz CT molecular complexity index is 1090. The van der Waals surface area contributed by atoms with Crippen molar-refractivity contribution in [2.45, 2.75) is 26.4 Å². The summed E-state index contributed by atoms with van der Waals surface area (Å²) in [5.41, 5.74) is 3.32. The number of para-hydroxylation sites is 1. The number of H-pyrrole nitrogens is 1. The van der Waals surface area contributed by atoms with Crippen LogP contribution in [-0.2, 0) is 13.1 Å². The van der Waals surface area contributed by atoms with E-state index in [2.05, 4.69) is 15.2 Å². The quantitative estimate of drug-likeness (QED) is 0.412. The van der Waals surface area contributed by atoms with E-state index >= 15 is 0 Å². The lowest BCUT2D eigenvalue weighted by Crippen LogP contribution is -2.40. The second-order valence-corrected chi connectivity index (χ2v) is 8.42. The summed E-state index contributed by atoms with van der Waals surface area (Å²) in [4.78, 5) is 19.9. The van der Waals surface area contributed by atoms with Gasteiger partial charge in [0, 0.05) is 18.7 Å². The Hall–Kier alpha value is -2.77. The SMILES string of the molecule is Cc1cccc2cc(CN(Cc3ccc(F)cc3)C(=S)NCCCN(C)C)c(=O)[nH]c12. The van der Waals surface area contributed by atoms with Gasteiger partial charge in [0.15, 0.2) is 5.11 Å². The van der Waals surface area contributed by atoms with Crippen molar-refractivity contribution in [3.05, 3.63) is 81.4 Å². The molecule has 0 aliphatic rings. The minimum atomic E-state index is -0.277. The second-order valence-electron chi connectivity index (χ2n) is 8.03. The van der Waals surface area contributed by atoms with E-state index in [1.807, 2.05) is 50.2 Å². The zero-order valence-electron chi connectivity index (χ0n) is 18.2. The van der Waals surface area contributed by atoms with Crippen molar-refractivity contribution in [2.24, 2.45) is 0 Å². The molecule has 0 amide bonds. The van der Waals surface area contributed by atoms with Gasteiger partial charge in [-0.25, -0.2) is 4.39 Å². The Morgan fingerprint density at radius 3 is 2.58 bits per heavy atom. The number of pyridine rings is 1. The molecule has 0 atom stereocenters. The van der Waals surface area contributed by atoms with E-state index in [0.29, 0.717) is 23.8 Å². The number of nitrogens with one attached hydrogen (secondary N) is 2. The molecule has 2 aromatic carbocycles. The summed E-state index contributed by atoms with van der Waals surface area (Å²) in [6.45, 7) is 4.51. The summed E-state index contributed by atoms with van der Waals surface area (Å²) in [6, 6.07) is 14.2. The van der Waals surface area contributed by atoms with Gasteiger partial charge in [-0.05, 0) is 80.9 Å². The lowest BCUT2D eigenvalue weighted by molar-refractivity contribution is 0.383.